The minimum absolute atomic E-state index is 0.0122. The average molecular weight is 750 g/mol. The summed E-state index contributed by atoms with van der Waals surface area (Å²) in [7, 11) is 0. The number of furan rings is 1. The Morgan fingerprint density at radius 1 is 0.561 bits per heavy atom. The first-order chi connectivity index (χ1) is 28.3. The summed E-state index contributed by atoms with van der Waals surface area (Å²) in [6, 6.07) is 61.9. The van der Waals surface area contributed by atoms with Crippen LogP contribution >= 0.6 is 11.3 Å². The van der Waals surface area contributed by atoms with E-state index >= 15 is 0 Å². The quantitative estimate of drug-likeness (QED) is 0.161. The van der Waals surface area contributed by atoms with Gasteiger partial charge in [0.2, 0.25) is 0 Å². The number of thiophene rings is 1. The average Bonchev–Trinajstić information content (AvgIpc) is 3.87. The molecule has 0 N–H and O–H groups in total. The van der Waals surface area contributed by atoms with Gasteiger partial charge in [-0.05, 0) is 88.6 Å². The van der Waals surface area contributed by atoms with E-state index in [1.54, 1.807) is 0 Å². The summed E-state index contributed by atoms with van der Waals surface area (Å²) in [6.07, 6.45) is 12.2. The molecule has 57 heavy (non-hydrogen) atoms. The molecule has 272 valence electrons. The molecule has 0 amide bonds. The zero-order chi connectivity index (χ0) is 37.7. The Kier molecular flexibility index (Phi) is 8.33. The first kappa shape index (κ1) is 33.6. The van der Waals surface area contributed by atoms with Crippen molar-refractivity contribution < 1.29 is 4.42 Å². The van der Waals surface area contributed by atoms with Crippen molar-refractivity contribution in [3.8, 4) is 22.3 Å². The number of aryl methyl sites for hydroxylation is 1. The van der Waals surface area contributed by atoms with Gasteiger partial charge < -0.3 is 9.32 Å². The zero-order valence-electron chi connectivity index (χ0n) is 31.4. The van der Waals surface area contributed by atoms with E-state index in [1.807, 2.05) is 11.3 Å². The number of fused-ring (bicyclic) bond motifs is 6. The summed E-state index contributed by atoms with van der Waals surface area (Å²) >= 11 is 1.89. The van der Waals surface area contributed by atoms with E-state index in [0.29, 0.717) is 0 Å². The number of anilines is 2. The van der Waals surface area contributed by atoms with E-state index in [1.165, 1.54) is 81.3 Å². The molecule has 2 aliphatic carbocycles. The monoisotopic (exact) mass is 749 g/mol. The largest absolute Gasteiger partial charge is 0.456 e. The Morgan fingerprint density at radius 2 is 1.21 bits per heavy atom. The van der Waals surface area contributed by atoms with Crippen LogP contribution in [0.25, 0.3) is 70.6 Å². The van der Waals surface area contributed by atoms with Crippen molar-refractivity contribution in [3.63, 3.8) is 0 Å². The third kappa shape index (κ3) is 5.94. The molecule has 3 heteroatoms. The van der Waals surface area contributed by atoms with Gasteiger partial charge in [-0.1, -0.05) is 164 Å². The molecule has 0 aliphatic heterocycles. The fourth-order valence-corrected chi connectivity index (χ4v) is 10.3. The molecule has 2 aliphatic rings. The summed E-state index contributed by atoms with van der Waals surface area (Å²) in [5.74, 6) is 1.00. The molecule has 11 rings (SSSR count). The predicted octanol–water partition coefficient (Wildman–Crippen LogP) is 15.2. The topological polar surface area (TPSA) is 16.4 Å². The van der Waals surface area contributed by atoms with Gasteiger partial charge in [-0.15, -0.1) is 11.3 Å². The molecule has 1 unspecified atom stereocenters. The number of allylic oxidation sites excluding steroid dienone is 3. The van der Waals surface area contributed by atoms with Crippen LogP contribution in [0.5, 0.6) is 0 Å². The zero-order valence-corrected chi connectivity index (χ0v) is 32.3. The van der Waals surface area contributed by atoms with Gasteiger partial charge >= 0.3 is 0 Å². The molecule has 9 aromatic rings. The van der Waals surface area contributed by atoms with Crippen molar-refractivity contribution in [2.75, 3.05) is 4.90 Å². The molecule has 2 aromatic heterocycles. The highest BCUT2D eigenvalue weighted by molar-refractivity contribution is 7.26. The van der Waals surface area contributed by atoms with E-state index in [4.69, 9.17) is 4.42 Å². The van der Waals surface area contributed by atoms with Crippen molar-refractivity contribution in [1.29, 1.82) is 0 Å². The second kappa shape index (κ2) is 14.1. The van der Waals surface area contributed by atoms with Crippen LogP contribution in [0.3, 0.4) is 0 Å². The van der Waals surface area contributed by atoms with Crippen molar-refractivity contribution in [2.45, 2.75) is 25.3 Å². The Morgan fingerprint density at radius 3 is 2.02 bits per heavy atom. The number of para-hydroxylation sites is 1. The maximum atomic E-state index is 6.71. The molecule has 0 bridgehead atoms. The minimum atomic E-state index is 0.0122. The number of rotatable bonds is 7. The molecule has 0 spiro atoms. The van der Waals surface area contributed by atoms with E-state index < -0.39 is 0 Å². The van der Waals surface area contributed by atoms with Crippen LogP contribution in [0.4, 0.5) is 11.4 Å². The lowest BCUT2D eigenvalue weighted by atomic mass is 9.86. The van der Waals surface area contributed by atoms with E-state index in [2.05, 4.69) is 199 Å². The second-order valence-electron chi connectivity index (χ2n) is 15.1. The van der Waals surface area contributed by atoms with Gasteiger partial charge in [-0.3, -0.25) is 0 Å². The summed E-state index contributed by atoms with van der Waals surface area (Å²) in [5.41, 5.74) is 14.5. The molecule has 0 saturated carbocycles. The molecule has 1 atom stereocenters. The SMILES string of the molecule is C1=Cc2oc3c(C4=CC(c5ccccc5)=CC(N(c5ccc(-c6ccccc6-c6ccccc6)cc5)c5cccc6c5sc5ccccc56)C4)cccc3c2CC1. The number of benzene rings is 7. The van der Waals surface area contributed by atoms with Crippen molar-refractivity contribution in [1.82, 2.24) is 0 Å². The standard InChI is InChI=1S/C54H39NOS/c1-3-15-36(16-4-1)39-33-40(45-23-13-24-48-46-21-9-11-27-51(46)56-53(45)48)35-42(34-39)55(50-26-14-25-49-47-22-10-12-28-52(47)57-54(49)50)41-31-29-38(30-32-41)44-20-8-7-19-43(44)37-17-5-2-6-18-37/h1-8,10-20,22-34,42H,9,21,35H2. The van der Waals surface area contributed by atoms with Gasteiger partial charge in [0, 0.05) is 37.7 Å². The lowest BCUT2D eigenvalue weighted by molar-refractivity contribution is 0.594. The maximum absolute atomic E-state index is 6.71. The van der Waals surface area contributed by atoms with Crippen molar-refractivity contribution >= 4 is 71.1 Å². The molecule has 0 fully saturated rings. The van der Waals surface area contributed by atoms with Crippen LogP contribution in [-0.2, 0) is 6.42 Å². The molecule has 0 radical (unpaired) electrons. The molecule has 0 saturated heterocycles. The van der Waals surface area contributed by atoms with Gasteiger partial charge in [-0.2, -0.15) is 0 Å². The highest BCUT2D eigenvalue weighted by atomic mass is 32.1. The van der Waals surface area contributed by atoms with E-state index in [9.17, 15) is 0 Å². The molecular weight excluding hydrogens is 711 g/mol. The number of hydrogen-bond donors (Lipinski definition) is 0. The van der Waals surface area contributed by atoms with Crippen LogP contribution in [0.15, 0.2) is 193 Å². The fourth-order valence-electron chi connectivity index (χ4n) is 9.04. The number of hydrogen-bond acceptors (Lipinski definition) is 3. The van der Waals surface area contributed by atoms with Gasteiger partial charge in [0.05, 0.1) is 16.4 Å². The minimum Gasteiger partial charge on any atom is -0.456 e. The van der Waals surface area contributed by atoms with Crippen LogP contribution < -0.4 is 4.90 Å². The second-order valence-corrected chi connectivity index (χ2v) is 16.1. The summed E-state index contributed by atoms with van der Waals surface area (Å²) < 4.78 is 9.32. The van der Waals surface area contributed by atoms with Gasteiger partial charge in [-0.25, -0.2) is 0 Å². The summed E-state index contributed by atoms with van der Waals surface area (Å²) in [4.78, 5) is 2.59. The Balaban J connectivity index is 1.09. The van der Waals surface area contributed by atoms with E-state index in [-0.39, 0.29) is 6.04 Å². The molecule has 7 aromatic carbocycles. The molecule has 2 heterocycles. The van der Waals surface area contributed by atoms with Gasteiger partial charge in [0.25, 0.3) is 0 Å². The normalized spacial score (nSPS) is 15.1. The summed E-state index contributed by atoms with van der Waals surface area (Å²) in [5, 5.41) is 3.84. The molecule has 2 nitrogen and oxygen atoms in total. The third-order valence-electron chi connectivity index (χ3n) is 11.7. The highest BCUT2D eigenvalue weighted by Crippen LogP contribution is 2.47. The lowest BCUT2D eigenvalue weighted by Gasteiger charge is -2.36. The Hall–Kier alpha value is -6.68. The molecular formula is C54H39NOS. The summed E-state index contributed by atoms with van der Waals surface area (Å²) in [6.45, 7) is 0. The van der Waals surface area contributed by atoms with Crippen LogP contribution in [0.1, 0.15) is 35.3 Å². The van der Waals surface area contributed by atoms with Gasteiger partial charge in [0.15, 0.2) is 0 Å². The highest BCUT2D eigenvalue weighted by Gasteiger charge is 2.29. The predicted molar refractivity (Wildman–Crippen MR) is 243 cm³/mol. The lowest BCUT2D eigenvalue weighted by Crippen LogP contribution is -2.31. The number of nitrogens with zero attached hydrogens (tertiary/aromatic N) is 1. The first-order valence-corrected chi connectivity index (χ1v) is 20.7. The van der Waals surface area contributed by atoms with Crippen molar-refractivity contribution in [3.05, 3.63) is 211 Å². The van der Waals surface area contributed by atoms with E-state index in [0.717, 1.165) is 36.3 Å². The Bertz CT molecular complexity index is 3040. The maximum Gasteiger partial charge on any atom is 0.142 e. The van der Waals surface area contributed by atoms with Gasteiger partial charge in [0.1, 0.15) is 11.3 Å². The van der Waals surface area contributed by atoms with Crippen LogP contribution in [-0.4, -0.2) is 6.04 Å². The van der Waals surface area contributed by atoms with Crippen LogP contribution in [0.2, 0.25) is 0 Å². The van der Waals surface area contributed by atoms with Crippen molar-refractivity contribution in [2.24, 2.45) is 0 Å². The third-order valence-corrected chi connectivity index (χ3v) is 12.9. The fraction of sp³-hybridized carbons (Fsp3) is 0.0741. The Labute approximate surface area is 337 Å². The smallest absolute Gasteiger partial charge is 0.142 e. The first-order valence-electron chi connectivity index (χ1n) is 19.9. The van der Waals surface area contributed by atoms with Crippen LogP contribution in [0, 0.1) is 0 Å².